The highest BCUT2D eigenvalue weighted by atomic mass is 16.5. The Balaban J connectivity index is 1.64. The fourth-order valence-corrected chi connectivity index (χ4v) is 2.80. The maximum Gasteiger partial charge on any atom is 0.290 e. The SMILES string of the molecule is CC[C@@H](C)c1cc(C(=O)N[C@H]2CCc3nc(C)cn3C2)on1. The van der Waals surface area contributed by atoms with Gasteiger partial charge in [0, 0.05) is 37.2 Å². The normalized spacial score (nSPS) is 18.8. The first kappa shape index (κ1) is 14.8. The fourth-order valence-electron chi connectivity index (χ4n) is 2.80. The van der Waals surface area contributed by atoms with Crippen LogP contribution < -0.4 is 5.32 Å². The quantitative estimate of drug-likeness (QED) is 0.941. The van der Waals surface area contributed by atoms with Gasteiger partial charge in [-0.3, -0.25) is 4.79 Å². The second-order valence-corrected chi connectivity index (χ2v) is 6.09. The number of hydrogen-bond acceptors (Lipinski definition) is 4. The number of fused-ring (bicyclic) bond motifs is 1. The minimum atomic E-state index is -0.188. The molecule has 0 spiro atoms. The molecule has 22 heavy (non-hydrogen) atoms. The van der Waals surface area contributed by atoms with Crippen molar-refractivity contribution in [2.45, 2.75) is 58.5 Å². The van der Waals surface area contributed by atoms with E-state index in [1.54, 1.807) is 6.07 Å². The predicted octanol–water partition coefficient (Wildman–Crippen LogP) is 2.44. The fraction of sp³-hybridized carbons (Fsp3) is 0.562. The molecule has 0 radical (unpaired) electrons. The molecule has 2 aromatic heterocycles. The highest BCUT2D eigenvalue weighted by Crippen LogP contribution is 2.19. The third-order valence-corrected chi connectivity index (χ3v) is 4.32. The molecule has 3 rings (SSSR count). The summed E-state index contributed by atoms with van der Waals surface area (Å²) in [5, 5.41) is 7.02. The molecule has 6 heteroatoms. The zero-order valence-electron chi connectivity index (χ0n) is 13.3. The summed E-state index contributed by atoms with van der Waals surface area (Å²) in [5.41, 5.74) is 1.86. The second-order valence-electron chi connectivity index (χ2n) is 6.09. The first-order valence-corrected chi connectivity index (χ1v) is 7.87. The first-order chi connectivity index (χ1) is 10.6. The van der Waals surface area contributed by atoms with E-state index < -0.39 is 0 Å². The van der Waals surface area contributed by atoms with E-state index in [4.69, 9.17) is 4.52 Å². The van der Waals surface area contributed by atoms with Crippen LogP contribution in [0.3, 0.4) is 0 Å². The molecular weight excluding hydrogens is 280 g/mol. The standard InChI is InChI=1S/C16H22N4O2/c1-4-10(2)13-7-14(22-19-13)16(21)18-12-5-6-15-17-11(3)8-20(15)9-12/h7-8,10,12H,4-6,9H2,1-3H3,(H,18,21)/t10-,12+/m1/s1. The minimum Gasteiger partial charge on any atom is -0.351 e. The Morgan fingerprint density at radius 3 is 3.18 bits per heavy atom. The van der Waals surface area contributed by atoms with Crippen LogP contribution in [-0.2, 0) is 13.0 Å². The zero-order valence-corrected chi connectivity index (χ0v) is 13.3. The maximum absolute atomic E-state index is 12.3. The monoisotopic (exact) mass is 302 g/mol. The van der Waals surface area contributed by atoms with Gasteiger partial charge < -0.3 is 14.4 Å². The predicted molar refractivity (Wildman–Crippen MR) is 81.7 cm³/mol. The van der Waals surface area contributed by atoms with Crippen LogP contribution in [0.25, 0.3) is 0 Å². The van der Waals surface area contributed by atoms with Gasteiger partial charge in [0.15, 0.2) is 0 Å². The summed E-state index contributed by atoms with van der Waals surface area (Å²) in [6.07, 6.45) is 4.78. The molecule has 2 aromatic rings. The molecule has 1 amide bonds. The number of aromatic nitrogens is 3. The van der Waals surface area contributed by atoms with E-state index in [9.17, 15) is 4.79 Å². The average molecular weight is 302 g/mol. The van der Waals surface area contributed by atoms with E-state index in [1.807, 2.05) is 13.1 Å². The number of aryl methyl sites for hydroxylation is 2. The van der Waals surface area contributed by atoms with Crippen LogP contribution in [0.15, 0.2) is 16.8 Å². The van der Waals surface area contributed by atoms with E-state index in [2.05, 4.69) is 33.9 Å². The Labute approximate surface area is 129 Å². The van der Waals surface area contributed by atoms with Gasteiger partial charge in [0.1, 0.15) is 5.82 Å². The molecule has 0 saturated carbocycles. The van der Waals surface area contributed by atoms with Crippen molar-refractivity contribution in [2.75, 3.05) is 0 Å². The lowest BCUT2D eigenvalue weighted by atomic mass is 10.0. The van der Waals surface area contributed by atoms with Gasteiger partial charge >= 0.3 is 0 Å². The molecule has 118 valence electrons. The van der Waals surface area contributed by atoms with Crippen LogP contribution in [0.1, 0.15) is 60.4 Å². The summed E-state index contributed by atoms with van der Waals surface area (Å²) in [6, 6.07) is 1.85. The summed E-state index contributed by atoms with van der Waals surface area (Å²) in [6.45, 7) is 6.91. The molecule has 0 fully saturated rings. The van der Waals surface area contributed by atoms with Crippen molar-refractivity contribution in [1.82, 2.24) is 20.0 Å². The van der Waals surface area contributed by atoms with Crippen molar-refractivity contribution >= 4 is 5.91 Å². The number of carbonyl (C=O) groups excluding carboxylic acids is 1. The van der Waals surface area contributed by atoms with Crippen molar-refractivity contribution in [2.24, 2.45) is 0 Å². The molecule has 6 nitrogen and oxygen atoms in total. The lowest BCUT2D eigenvalue weighted by molar-refractivity contribution is 0.0890. The third-order valence-electron chi connectivity index (χ3n) is 4.32. The Hall–Kier alpha value is -2.11. The van der Waals surface area contributed by atoms with Crippen LogP contribution in [0.4, 0.5) is 0 Å². The van der Waals surface area contributed by atoms with Gasteiger partial charge in [0.2, 0.25) is 5.76 Å². The van der Waals surface area contributed by atoms with Gasteiger partial charge in [-0.05, 0) is 19.8 Å². The van der Waals surface area contributed by atoms with Gasteiger partial charge in [0.05, 0.1) is 11.4 Å². The lowest BCUT2D eigenvalue weighted by Crippen LogP contribution is -2.40. The number of carbonyl (C=O) groups is 1. The van der Waals surface area contributed by atoms with Crippen molar-refractivity contribution < 1.29 is 9.32 Å². The van der Waals surface area contributed by atoms with Crippen LogP contribution in [-0.4, -0.2) is 26.7 Å². The summed E-state index contributed by atoms with van der Waals surface area (Å²) >= 11 is 0. The van der Waals surface area contributed by atoms with Crippen molar-refractivity contribution in [3.63, 3.8) is 0 Å². The van der Waals surface area contributed by atoms with Crippen LogP contribution in [0.2, 0.25) is 0 Å². The molecular formula is C16H22N4O2. The Bertz CT molecular complexity index is 673. The molecule has 2 atom stereocenters. The van der Waals surface area contributed by atoms with Crippen LogP contribution >= 0.6 is 0 Å². The molecule has 1 N–H and O–H groups in total. The number of nitrogens with zero attached hydrogens (tertiary/aromatic N) is 3. The Morgan fingerprint density at radius 1 is 1.59 bits per heavy atom. The van der Waals surface area contributed by atoms with Gasteiger partial charge in [-0.15, -0.1) is 0 Å². The smallest absolute Gasteiger partial charge is 0.290 e. The number of amides is 1. The van der Waals surface area contributed by atoms with Crippen molar-refractivity contribution in [1.29, 1.82) is 0 Å². The number of hydrogen-bond donors (Lipinski definition) is 1. The third kappa shape index (κ3) is 2.91. The number of nitrogens with one attached hydrogen (secondary N) is 1. The second kappa shape index (κ2) is 5.94. The molecule has 1 aliphatic rings. The van der Waals surface area contributed by atoms with E-state index >= 15 is 0 Å². The molecule has 3 heterocycles. The van der Waals surface area contributed by atoms with E-state index in [0.29, 0.717) is 11.7 Å². The topological polar surface area (TPSA) is 73.0 Å². The number of imidazole rings is 1. The molecule has 0 unspecified atom stereocenters. The molecule has 0 bridgehead atoms. The summed E-state index contributed by atoms with van der Waals surface area (Å²) in [5.74, 6) is 1.51. The zero-order chi connectivity index (χ0) is 15.7. The van der Waals surface area contributed by atoms with Gasteiger partial charge in [-0.1, -0.05) is 19.0 Å². The highest BCUT2D eigenvalue weighted by molar-refractivity contribution is 5.91. The van der Waals surface area contributed by atoms with Gasteiger partial charge in [-0.25, -0.2) is 4.98 Å². The van der Waals surface area contributed by atoms with Crippen LogP contribution in [0, 0.1) is 6.92 Å². The molecule has 0 saturated heterocycles. The van der Waals surface area contributed by atoms with Gasteiger partial charge in [-0.2, -0.15) is 0 Å². The molecule has 0 aromatic carbocycles. The minimum absolute atomic E-state index is 0.103. The summed E-state index contributed by atoms with van der Waals surface area (Å²) < 4.78 is 7.30. The van der Waals surface area contributed by atoms with Crippen LogP contribution in [0.5, 0.6) is 0 Å². The summed E-state index contributed by atoms with van der Waals surface area (Å²) in [7, 11) is 0. The maximum atomic E-state index is 12.3. The Morgan fingerprint density at radius 2 is 2.41 bits per heavy atom. The Kier molecular flexibility index (Phi) is 4.00. The molecule has 1 aliphatic heterocycles. The average Bonchev–Trinajstić information content (AvgIpc) is 3.11. The number of rotatable bonds is 4. The van der Waals surface area contributed by atoms with Gasteiger partial charge in [0.25, 0.3) is 5.91 Å². The first-order valence-electron chi connectivity index (χ1n) is 7.87. The van der Waals surface area contributed by atoms with Crippen molar-refractivity contribution in [3.8, 4) is 0 Å². The lowest BCUT2D eigenvalue weighted by Gasteiger charge is -2.24. The largest absolute Gasteiger partial charge is 0.351 e. The van der Waals surface area contributed by atoms with E-state index in [1.165, 1.54) is 0 Å². The van der Waals surface area contributed by atoms with E-state index in [-0.39, 0.29) is 11.9 Å². The summed E-state index contributed by atoms with van der Waals surface area (Å²) in [4.78, 5) is 16.8. The van der Waals surface area contributed by atoms with E-state index in [0.717, 1.165) is 43.0 Å². The molecule has 0 aliphatic carbocycles. The van der Waals surface area contributed by atoms with Crippen molar-refractivity contribution in [3.05, 3.63) is 35.2 Å². The highest BCUT2D eigenvalue weighted by Gasteiger charge is 2.23.